The van der Waals surface area contributed by atoms with Crippen LogP contribution in [0.2, 0.25) is 0 Å². The summed E-state index contributed by atoms with van der Waals surface area (Å²) in [6, 6.07) is 5.63. The summed E-state index contributed by atoms with van der Waals surface area (Å²) < 4.78 is 5.94. The van der Waals surface area contributed by atoms with Crippen LogP contribution < -0.4 is 10.5 Å². The van der Waals surface area contributed by atoms with Gasteiger partial charge in [-0.05, 0) is 26.1 Å². The van der Waals surface area contributed by atoms with E-state index in [9.17, 15) is 0 Å². The van der Waals surface area contributed by atoms with Crippen LogP contribution in [0.25, 0.3) is 0 Å². The fourth-order valence-corrected chi connectivity index (χ4v) is 2.54. The van der Waals surface area contributed by atoms with Gasteiger partial charge in [-0.1, -0.05) is 0 Å². The minimum absolute atomic E-state index is 0.0160. The zero-order valence-corrected chi connectivity index (χ0v) is 11.5. The van der Waals surface area contributed by atoms with Gasteiger partial charge in [0.1, 0.15) is 17.3 Å². The smallest absolute Gasteiger partial charge is 0.153 e. The molecule has 2 heterocycles. The van der Waals surface area contributed by atoms with Crippen molar-refractivity contribution >= 4 is 17.2 Å². The first-order valence-corrected chi connectivity index (χ1v) is 6.72. The number of hydrogen-bond acceptors (Lipinski definition) is 5. The fourth-order valence-electron chi connectivity index (χ4n) is 2.54. The minimum atomic E-state index is -0.0160. The predicted octanol–water partition coefficient (Wildman–Crippen LogP) is 1.33. The number of nitrogens with two attached hydrogens (primary N) is 1. The van der Waals surface area contributed by atoms with Crippen LogP contribution in [0.5, 0.6) is 5.75 Å². The zero-order valence-electron chi connectivity index (χ0n) is 11.5. The maximum atomic E-state index is 5.94. The van der Waals surface area contributed by atoms with E-state index < -0.39 is 0 Å². The average molecular weight is 260 g/mol. The highest BCUT2D eigenvalue weighted by atomic mass is 16.5. The Labute approximate surface area is 113 Å². The summed E-state index contributed by atoms with van der Waals surface area (Å²) in [6.45, 7) is 6.20. The number of likely N-dealkylation sites (N-methyl/N-ethyl adjacent to an activating group) is 1. The molecule has 3 rings (SSSR count). The Hall–Kier alpha value is -1.75. The van der Waals surface area contributed by atoms with E-state index in [1.807, 2.05) is 25.1 Å². The van der Waals surface area contributed by atoms with Gasteiger partial charge in [-0.2, -0.15) is 0 Å². The number of benzene rings is 1. The third-order valence-corrected chi connectivity index (χ3v) is 3.71. The lowest BCUT2D eigenvalue weighted by atomic mass is 10.2. The second-order valence-corrected chi connectivity index (χ2v) is 5.25. The van der Waals surface area contributed by atoms with Crippen LogP contribution in [0.3, 0.4) is 0 Å². The number of nitrogens with zero attached hydrogens (tertiary/aromatic N) is 3. The molecule has 1 atom stereocenters. The lowest BCUT2D eigenvalue weighted by molar-refractivity contribution is 0.191. The number of hydrogen-bond donors (Lipinski definition) is 1. The molecule has 1 aromatic rings. The number of aliphatic imine (C=N–C) groups is 1. The maximum Gasteiger partial charge on any atom is 0.153 e. The maximum absolute atomic E-state index is 5.94. The molecule has 0 saturated carbocycles. The van der Waals surface area contributed by atoms with Gasteiger partial charge in [-0.15, -0.1) is 0 Å². The molecule has 0 amide bonds. The van der Waals surface area contributed by atoms with E-state index in [0.717, 1.165) is 43.5 Å². The summed E-state index contributed by atoms with van der Waals surface area (Å²) in [6.07, 6.45) is -0.0160. The summed E-state index contributed by atoms with van der Waals surface area (Å²) in [7, 11) is 2.15. The van der Waals surface area contributed by atoms with Gasteiger partial charge in [0.2, 0.25) is 0 Å². The van der Waals surface area contributed by atoms with Crippen molar-refractivity contribution in [3.8, 4) is 5.75 Å². The van der Waals surface area contributed by atoms with Crippen LogP contribution in [0.1, 0.15) is 6.92 Å². The first kappa shape index (κ1) is 12.3. The van der Waals surface area contributed by atoms with Gasteiger partial charge in [0.15, 0.2) is 6.10 Å². The summed E-state index contributed by atoms with van der Waals surface area (Å²) in [4.78, 5) is 9.42. The van der Waals surface area contributed by atoms with E-state index in [1.165, 1.54) is 0 Å². The Morgan fingerprint density at radius 1 is 1.26 bits per heavy atom. The van der Waals surface area contributed by atoms with Crippen LogP contribution in [0.4, 0.5) is 11.4 Å². The number of rotatable bonds is 0. The molecule has 0 spiro atoms. The Morgan fingerprint density at radius 3 is 2.74 bits per heavy atom. The molecule has 19 heavy (non-hydrogen) atoms. The monoisotopic (exact) mass is 260 g/mol. The molecular formula is C14H20N4O. The predicted molar refractivity (Wildman–Crippen MR) is 77.1 cm³/mol. The molecule has 5 nitrogen and oxygen atoms in total. The topological polar surface area (TPSA) is 54.1 Å². The van der Waals surface area contributed by atoms with Crippen LogP contribution >= 0.6 is 0 Å². The molecule has 2 N–H and O–H groups in total. The van der Waals surface area contributed by atoms with E-state index in [2.05, 4.69) is 16.8 Å². The molecule has 102 valence electrons. The highest BCUT2D eigenvalue weighted by Crippen LogP contribution is 2.34. The summed E-state index contributed by atoms with van der Waals surface area (Å²) in [5, 5.41) is 0. The first-order chi connectivity index (χ1) is 9.13. The van der Waals surface area contributed by atoms with Crippen molar-refractivity contribution < 1.29 is 4.74 Å². The number of amidine groups is 1. The molecule has 5 heteroatoms. The molecule has 2 aliphatic heterocycles. The number of piperazine rings is 1. The van der Waals surface area contributed by atoms with Gasteiger partial charge in [0.25, 0.3) is 0 Å². The third kappa shape index (κ3) is 2.38. The van der Waals surface area contributed by atoms with E-state index >= 15 is 0 Å². The van der Waals surface area contributed by atoms with Gasteiger partial charge in [-0.25, -0.2) is 4.99 Å². The van der Waals surface area contributed by atoms with Crippen molar-refractivity contribution in [3.63, 3.8) is 0 Å². The third-order valence-electron chi connectivity index (χ3n) is 3.71. The van der Waals surface area contributed by atoms with Crippen molar-refractivity contribution in [1.29, 1.82) is 0 Å². The molecule has 0 aliphatic carbocycles. The van der Waals surface area contributed by atoms with Crippen LogP contribution in [0.15, 0.2) is 23.2 Å². The Balaban J connectivity index is 1.87. The normalized spacial score (nSPS) is 23.6. The largest absolute Gasteiger partial charge is 0.480 e. The number of fused-ring (bicyclic) bond motifs is 1. The van der Waals surface area contributed by atoms with Crippen LogP contribution in [-0.4, -0.2) is 55.0 Å². The Bertz CT molecular complexity index is 506. The van der Waals surface area contributed by atoms with Gasteiger partial charge in [-0.3, -0.25) is 0 Å². The van der Waals surface area contributed by atoms with Gasteiger partial charge in [0.05, 0.1) is 0 Å². The zero-order chi connectivity index (χ0) is 13.4. The molecule has 1 unspecified atom stereocenters. The van der Waals surface area contributed by atoms with Crippen molar-refractivity contribution in [2.45, 2.75) is 13.0 Å². The molecule has 1 fully saturated rings. The van der Waals surface area contributed by atoms with E-state index in [0.29, 0.717) is 5.69 Å². The number of ether oxygens (including phenoxy) is 1. The standard InChI is InChI=1S/C14H20N4O/c1-10-14(18-7-5-17(2)6-8-18)16-12-4-3-11(15)9-13(12)19-10/h3-4,9-10H,5-8,15H2,1-2H3. The first-order valence-electron chi connectivity index (χ1n) is 6.72. The Kier molecular flexibility index (Phi) is 3.06. The van der Waals surface area contributed by atoms with Crippen LogP contribution in [-0.2, 0) is 0 Å². The molecule has 0 radical (unpaired) electrons. The van der Waals surface area contributed by atoms with E-state index in [1.54, 1.807) is 0 Å². The summed E-state index contributed by atoms with van der Waals surface area (Å²) >= 11 is 0. The SMILES string of the molecule is CC1Oc2cc(N)ccc2N=C1N1CCN(C)CC1. The second-order valence-electron chi connectivity index (χ2n) is 5.25. The van der Waals surface area contributed by atoms with Crippen LogP contribution in [0, 0.1) is 0 Å². The second kappa shape index (κ2) is 4.74. The molecule has 0 bridgehead atoms. The van der Waals surface area contributed by atoms with Gasteiger partial charge >= 0.3 is 0 Å². The Morgan fingerprint density at radius 2 is 2.00 bits per heavy atom. The van der Waals surface area contributed by atoms with E-state index in [4.69, 9.17) is 15.5 Å². The van der Waals surface area contributed by atoms with Crippen molar-refractivity contribution in [3.05, 3.63) is 18.2 Å². The quantitative estimate of drug-likeness (QED) is 0.715. The average Bonchev–Trinajstić information content (AvgIpc) is 2.39. The molecule has 1 saturated heterocycles. The highest BCUT2D eigenvalue weighted by molar-refractivity contribution is 5.91. The van der Waals surface area contributed by atoms with Gasteiger partial charge in [0, 0.05) is 37.9 Å². The van der Waals surface area contributed by atoms with Gasteiger partial charge < -0.3 is 20.3 Å². The van der Waals surface area contributed by atoms with Crippen molar-refractivity contribution in [2.75, 3.05) is 39.0 Å². The lowest BCUT2D eigenvalue weighted by Gasteiger charge is -2.37. The van der Waals surface area contributed by atoms with Crippen molar-refractivity contribution in [2.24, 2.45) is 4.99 Å². The number of nitrogen functional groups attached to an aromatic ring is 1. The highest BCUT2D eigenvalue weighted by Gasteiger charge is 2.27. The summed E-state index contributed by atoms with van der Waals surface area (Å²) in [5.74, 6) is 1.82. The van der Waals surface area contributed by atoms with Crippen molar-refractivity contribution in [1.82, 2.24) is 9.80 Å². The molecule has 0 aromatic heterocycles. The minimum Gasteiger partial charge on any atom is -0.480 e. The molecule has 1 aromatic carbocycles. The van der Waals surface area contributed by atoms with E-state index in [-0.39, 0.29) is 6.10 Å². The number of anilines is 1. The summed E-state index contributed by atoms with van der Waals surface area (Å²) in [5.41, 5.74) is 7.36. The fraction of sp³-hybridized carbons (Fsp3) is 0.500. The lowest BCUT2D eigenvalue weighted by Crippen LogP contribution is -2.51. The molecular weight excluding hydrogens is 240 g/mol. The molecule has 2 aliphatic rings.